The van der Waals surface area contributed by atoms with Gasteiger partial charge in [-0.2, -0.15) is 4.31 Å². The molecule has 0 radical (unpaired) electrons. The second kappa shape index (κ2) is 8.41. The molecule has 0 unspecified atom stereocenters. The monoisotopic (exact) mass is 441 g/mol. The molecule has 4 rings (SSSR count). The summed E-state index contributed by atoms with van der Waals surface area (Å²) < 4.78 is 38.6. The van der Waals surface area contributed by atoms with Crippen molar-refractivity contribution >= 4 is 32.9 Å². The Hall–Kier alpha value is -1.98. The molecule has 1 aromatic carbocycles. The fourth-order valence-corrected chi connectivity index (χ4v) is 5.73. The van der Waals surface area contributed by atoms with Crippen molar-refractivity contribution in [1.29, 1.82) is 0 Å². The van der Waals surface area contributed by atoms with Crippen molar-refractivity contribution in [3.05, 3.63) is 18.2 Å². The van der Waals surface area contributed by atoms with Gasteiger partial charge in [-0.15, -0.1) is 0 Å². The van der Waals surface area contributed by atoms with Crippen LogP contribution in [0.15, 0.2) is 23.1 Å². The van der Waals surface area contributed by atoms with Gasteiger partial charge in [0.1, 0.15) is 6.54 Å². The summed E-state index contributed by atoms with van der Waals surface area (Å²) in [6.07, 6.45) is 0.745. The second-order valence-corrected chi connectivity index (χ2v) is 9.96. The van der Waals surface area contributed by atoms with E-state index in [1.165, 1.54) is 33.1 Å². The van der Waals surface area contributed by atoms with Crippen molar-refractivity contribution in [2.24, 2.45) is 0 Å². The first-order chi connectivity index (χ1) is 13.9. The Bertz CT molecular complexity index is 899. The van der Waals surface area contributed by atoms with Crippen LogP contribution in [0.25, 0.3) is 0 Å². The summed E-state index contributed by atoms with van der Waals surface area (Å²) in [5.74, 6) is 1.54. The van der Waals surface area contributed by atoms with Crippen LogP contribution in [0.3, 0.4) is 0 Å². The number of hydrogen-bond acceptors (Lipinski definition) is 7. The van der Waals surface area contributed by atoms with E-state index < -0.39 is 10.0 Å². The van der Waals surface area contributed by atoms with Crippen LogP contribution >= 0.6 is 11.8 Å². The van der Waals surface area contributed by atoms with Gasteiger partial charge >= 0.3 is 0 Å². The van der Waals surface area contributed by atoms with Crippen LogP contribution in [0.5, 0.6) is 11.5 Å². The molecule has 9 nitrogen and oxygen atoms in total. The Morgan fingerprint density at radius 2 is 1.76 bits per heavy atom. The van der Waals surface area contributed by atoms with Crippen LogP contribution in [0, 0.1) is 0 Å². The zero-order chi connectivity index (χ0) is 20.4. The number of sulfonamides is 1. The second-order valence-electron chi connectivity index (χ2n) is 6.98. The third kappa shape index (κ3) is 4.31. The van der Waals surface area contributed by atoms with E-state index in [0.29, 0.717) is 50.1 Å². The number of rotatable bonds is 4. The summed E-state index contributed by atoms with van der Waals surface area (Å²) in [7, 11) is -3.70. The summed E-state index contributed by atoms with van der Waals surface area (Å²) in [5, 5.41) is -0.0750. The summed E-state index contributed by atoms with van der Waals surface area (Å²) in [6.45, 7) is 2.69. The zero-order valence-electron chi connectivity index (χ0n) is 15.9. The maximum atomic E-state index is 13.0. The van der Waals surface area contributed by atoms with Crippen molar-refractivity contribution < 1.29 is 27.5 Å². The SMILES string of the molecule is O=C(CN1CCSC1=O)N1CCN(S(=O)(=O)c2ccc3c(c2)OCCCO3)CC1. The van der Waals surface area contributed by atoms with Crippen molar-refractivity contribution in [3.8, 4) is 11.5 Å². The first kappa shape index (κ1) is 20.3. The fourth-order valence-electron chi connectivity index (χ4n) is 3.46. The van der Waals surface area contributed by atoms with Crippen LogP contribution in [-0.2, 0) is 14.8 Å². The van der Waals surface area contributed by atoms with Crippen molar-refractivity contribution in [2.75, 3.05) is 58.2 Å². The maximum absolute atomic E-state index is 13.0. The third-order valence-corrected chi connectivity index (χ3v) is 7.91. The van der Waals surface area contributed by atoms with Gasteiger partial charge in [0.05, 0.1) is 18.1 Å². The highest BCUT2D eigenvalue weighted by molar-refractivity contribution is 8.13. The van der Waals surface area contributed by atoms with Crippen molar-refractivity contribution in [1.82, 2.24) is 14.1 Å². The Morgan fingerprint density at radius 1 is 1.03 bits per heavy atom. The minimum atomic E-state index is -3.70. The van der Waals surface area contributed by atoms with E-state index in [-0.39, 0.29) is 35.7 Å². The Balaban J connectivity index is 1.39. The van der Waals surface area contributed by atoms with E-state index in [9.17, 15) is 18.0 Å². The topological polar surface area (TPSA) is 96.5 Å². The summed E-state index contributed by atoms with van der Waals surface area (Å²) in [4.78, 5) is 27.4. The molecular formula is C18H23N3O6S2. The normalized spacial score (nSPS) is 20.6. The molecule has 0 atom stereocenters. The quantitative estimate of drug-likeness (QED) is 0.683. The van der Waals surface area contributed by atoms with E-state index in [4.69, 9.17) is 9.47 Å². The standard InChI is InChI=1S/C18H23N3O6S2/c22-17(13-20-8-11-28-18(20)23)19-4-6-21(7-5-19)29(24,25)14-2-3-15-16(12-14)27-10-1-9-26-15/h2-3,12H,1,4-11,13H2. The van der Waals surface area contributed by atoms with Gasteiger partial charge in [0, 0.05) is 51.0 Å². The molecule has 3 aliphatic rings. The molecule has 158 valence electrons. The smallest absolute Gasteiger partial charge is 0.282 e. The first-order valence-electron chi connectivity index (χ1n) is 9.54. The average Bonchev–Trinajstić information content (AvgIpc) is 2.98. The molecule has 0 saturated carbocycles. The summed E-state index contributed by atoms with van der Waals surface area (Å²) >= 11 is 1.22. The van der Waals surface area contributed by atoms with E-state index in [1.807, 2.05) is 0 Å². The highest BCUT2D eigenvalue weighted by Gasteiger charge is 2.32. The molecule has 2 saturated heterocycles. The molecule has 11 heteroatoms. The molecule has 29 heavy (non-hydrogen) atoms. The van der Waals surface area contributed by atoms with Crippen LogP contribution in [-0.4, -0.2) is 91.9 Å². The van der Waals surface area contributed by atoms with Gasteiger partial charge in [0.2, 0.25) is 15.9 Å². The molecule has 0 N–H and O–H groups in total. The molecule has 0 aliphatic carbocycles. The Morgan fingerprint density at radius 3 is 2.45 bits per heavy atom. The number of nitrogens with zero attached hydrogens (tertiary/aromatic N) is 3. The summed E-state index contributed by atoms with van der Waals surface area (Å²) in [5.41, 5.74) is 0. The van der Waals surface area contributed by atoms with E-state index in [2.05, 4.69) is 0 Å². The van der Waals surface area contributed by atoms with Crippen LogP contribution in [0.2, 0.25) is 0 Å². The largest absolute Gasteiger partial charge is 0.490 e. The van der Waals surface area contributed by atoms with E-state index in [1.54, 1.807) is 11.0 Å². The lowest BCUT2D eigenvalue weighted by Gasteiger charge is -2.34. The van der Waals surface area contributed by atoms with Gasteiger partial charge < -0.3 is 19.3 Å². The highest BCUT2D eigenvalue weighted by atomic mass is 32.2. The lowest BCUT2D eigenvalue weighted by molar-refractivity contribution is -0.132. The molecule has 0 spiro atoms. The number of fused-ring (bicyclic) bond motifs is 1. The van der Waals surface area contributed by atoms with Crippen LogP contribution in [0.4, 0.5) is 4.79 Å². The van der Waals surface area contributed by atoms with Crippen molar-refractivity contribution in [3.63, 3.8) is 0 Å². The number of carbonyl (C=O) groups excluding carboxylic acids is 2. The summed E-state index contributed by atoms with van der Waals surface area (Å²) in [6, 6.07) is 4.65. The van der Waals surface area contributed by atoms with Gasteiger partial charge in [-0.1, -0.05) is 11.8 Å². The van der Waals surface area contributed by atoms with Gasteiger partial charge in [-0.05, 0) is 12.1 Å². The van der Waals surface area contributed by atoms with Gasteiger partial charge in [0.25, 0.3) is 5.24 Å². The minimum absolute atomic E-state index is 0.0563. The Labute approximate surface area is 174 Å². The van der Waals surface area contributed by atoms with Crippen LogP contribution < -0.4 is 9.47 Å². The lowest BCUT2D eigenvalue weighted by atomic mass is 10.3. The first-order valence-corrected chi connectivity index (χ1v) is 12.0. The molecule has 0 bridgehead atoms. The third-order valence-electron chi connectivity index (χ3n) is 5.12. The van der Waals surface area contributed by atoms with E-state index in [0.717, 1.165) is 6.42 Å². The maximum Gasteiger partial charge on any atom is 0.282 e. The number of benzene rings is 1. The molecule has 0 aromatic heterocycles. The number of hydrogen-bond donors (Lipinski definition) is 0. The lowest BCUT2D eigenvalue weighted by Crippen LogP contribution is -2.52. The van der Waals surface area contributed by atoms with Gasteiger partial charge in [-0.25, -0.2) is 8.42 Å². The molecule has 3 aliphatic heterocycles. The predicted octanol–water partition coefficient (Wildman–Crippen LogP) is 0.850. The fraction of sp³-hybridized carbons (Fsp3) is 0.556. The zero-order valence-corrected chi connectivity index (χ0v) is 17.5. The minimum Gasteiger partial charge on any atom is -0.490 e. The Kier molecular flexibility index (Phi) is 5.88. The molecule has 2 fully saturated rings. The molecule has 1 aromatic rings. The molecular weight excluding hydrogens is 418 g/mol. The van der Waals surface area contributed by atoms with Crippen molar-refractivity contribution in [2.45, 2.75) is 11.3 Å². The van der Waals surface area contributed by atoms with Gasteiger partial charge in [-0.3, -0.25) is 9.59 Å². The van der Waals surface area contributed by atoms with Gasteiger partial charge in [0.15, 0.2) is 11.5 Å². The van der Waals surface area contributed by atoms with Crippen LogP contribution in [0.1, 0.15) is 6.42 Å². The molecule has 2 amide bonds. The van der Waals surface area contributed by atoms with E-state index >= 15 is 0 Å². The number of ether oxygens (including phenoxy) is 2. The molecule has 3 heterocycles. The average molecular weight is 442 g/mol. The number of carbonyl (C=O) groups is 2. The number of amides is 2. The number of piperazine rings is 1. The highest BCUT2D eigenvalue weighted by Crippen LogP contribution is 2.33. The number of thioether (sulfide) groups is 1. The predicted molar refractivity (Wildman–Crippen MR) is 107 cm³/mol.